The Morgan fingerprint density at radius 1 is 1.40 bits per heavy atom. The fraction of sp³-hybridized carbons (Fsp3) is 0.389. The minimum Gasteiger partial charge on any atom is -0.473 e. The molecule has 6 nitrogen and oxygen atoms in total. The SMILES string of the molecule is COc1nc(C(=O)N2C[C@H]3C[C@H]3[C@H]2C(N)=O)c(-c2cccc(C)c2)s1. The number of amides is 2. The monoisotopic (exact) mass is 357 g/mol. The first-order chi connectivity index (χ1) is 12.0. The van der Waals surface area contributed by atoms with Gasteiger partial charge in [-0.3, -0.25) is 9.59 Å². The molecule has 2 aromatic rings. The van der Waals surface area contributed by atoms with Gasteiger partial charge in [0, 0.05) is 6.54 Å². The number of fused-ring (bicyclic) bond motifs is 1. The Kier molecular flexibility index (Phi) is 3.76. The molecule has 1 saturated heterocycles. The number of methoxy groups -OCH3 is 1. The van der Waals surface area contributed by atoms with Crippen molar-refractivity contribution in [3.8, 4) is 15.6 Å². The van der Waals surface area contributed by atoms with Crippen LogP contribution in [0, 0.1) is 18.8 Å². The summed E-state index contributed by atoms with van der Waals surface area (Å²) < 4.78 is 5.25. The Labute approximate surface area is 149 Å². The number of benzene rings is 1. The van der Waals surface area contributed by atoms with E-state index in [9.17, 15) is 9.59 Å². The Bertz CT molecular complexity index is 863. The second-order valence-corrected chi connectivity index (χ2v) is 7.66. The lowest BCUT2D eigenvalue weighted by atomic mass is 10.1. The molecule has 1 saturated carbocycles. The average molecular weight is 357 g/mol. The van der Waals surface area contributed by atoms with E-state index in [1.165, 1.54) is 18.4 Å². The van der Waals surface area contributed by atoms with Gasteiger partial charge in [0.15, 0.2) is 5.69 Å². The molecule has 1 aliphatic heterocycles. The molecule has 130 valence electrons. The van der Waals surface area contributed by atoms with Crippen LogP contribution in [0.3, 0.4) is 0 Å². The van der Waals surface area contributed by atoms with Crippen LogP contribution in [0.2, 0.25) is 0 Å². The summed E-state index contributed by atoms with van der Waals surface area (Å²) in [7, 11) is 1.53. The number of primary amides is 1. The van der Waals surface area contributed by atoms with Gasteiger partial charge in [0.25, 0.3) is 11.1 Å². The van der Waals surface area contributed by atoms with E-state index in [0.29, 0.717) is 23.4 Å². The second-order valence-electron chi connectivity index (χ2n) is 6.70. The van der Waals surface area contributed by atoms with E-state index >= 15 is 0 Å². The first-order valence-electron chi connectivity index (χ1n) is 8.21. The molecule has 4 rings (SSSR count). The predicted molar refractivity (Wildman–Crippen MR) is 94.5 cm³/mol. The Balaban J connectivity index is 1.73. The number of ether oxygens (including phenoxy) is 1. The van der Waals surface area contributed by atoms with Gasteiger partial charge in [-0.1, -0.05) is 41.2 Å². The maximum atomic E-state index is 13.1. The summed E-state index contributed by atoms with van der Waals surface area (Å²) in [4.78, 5) is 31.7. The Morgan fingerprint density at radius 3 is 2.88 bits per heavy atom. The Hall–Kier alpha value is -2.41. The number of aryl methyl sites for hydroxylation is 1. The quantitative estimate of drug-likeness (QED) is 0.908. The molecule has 2 amide bonds. The van der Waals surface area contributed by atoms with Gasteiger partial charge < -0.3 is 15.4 Å². The zero-order chi connectivity index (χ0) is 17.7. The molecule has 0 spiro atoms. The third-order valence-electron chi connectivity index (χ3n) is 4.97. The van der Waals surface area contributed by atoms with E-state index in [1.807, 2.05) is 31.2 Å². The standard InChI is InChI=1S/C18H19N3O3S/c1-9-4-3-5-10(6-9)15-13(20-18(24-2)25-15)17(23)21-8-11-7-12(11)14(21)16(19)22/h3-6,11-12,14H,7-8H2,1-2H3,(H2,19,22)/t11-,12-,14+/m1/s1. The van der Waals surface area contributed by atoms with Crippen LogP contribution >= 0.6 is 11.3 Å². The third-order valence-corrected chi connectivity index (χ3v) is 6.03. The molecule has 25 heavy (non-hydrogen) atoms. The number of rotatable bonds is 4. The number of carbonyl (C=O) groups excluding carboxylic acids is 2. The molecular weight excluding hydrogens is 338 g/mol. The maximum Gasteiger partial charge on any atom is 0.274 e. The van der Waals surface area contributed by atoms with Crippen molar-refractivity contribution in [3.63, 3.8) is 0 Å². The van der Waals surface area contributed by atoms with Gasteiger partial charge in [0.05, 0.1) is 12.0 Å². The molecule has 2 fully saturated rings. The van der Waals surface area contributed by atoms with Crippen LogP contribution < -0.4 is 10.5 Å². The van der Waals surface area contributed by atoms with Crippen molar-refractivity contribution in [3.05, 3.63) is 35.5 Å². The van der Waals surface area contributed by atoms with E-state index in [2.05, 4.69) is 4.98 Å². The summed E-state index contributed by atoms with van der Waals surface area (Å²) in [5.41, 5.74) is 7.90. The number of hydrogen-bond acceptors (Lipinski definition) is 5. The van der Waals surface area contributed by atoms with Crippen LogP contribution in [-0.4, -0.2) is 41.4 Å². The molecule has 1 aromatic carbocycles. The van der Waals surface area contributed by atoms with Gasteiger partial charge >= 0.3 is 0 Å². The zero-order valence-corrected chi connectivity index (χ0v) is 14.9. The van der Waals surface area contributed by atoms with Gasteiger partial charge in [-0.15, -0.1) is 0 Å². The lowest BCUT2D eigenvalue weighted by Crippen LogP contribution is -2.46. The minimum absolute atomic E-state index is 0.212. The van der Waals surface area contributed by atoms with E-state index < -0.39 is 11.9 Å². The summed E-state index contributed by atoms with van der Waals surface area (Å²) in [5.74, 6) is -0.0708. The number of likely N-dealkylation sites (tertiary alicyclic amines) is 1. The molecule has 3 atom stereocenters. The predicted octanol–water partition coefficient (Wildman–Crippen LogP) is 2.07. The fourth-order valence-corrected chi connectivity index (χ4v) is 4.56. The number of hydrogen-bond donors (Lipinski definition) is 1. The lowest BCUT2D eigenvalue weighted by Gasteiger charge is -2.24. The van der Waals surface area contributed by atoms with E-state index in [0.717, 1.165) is 22.4 Å². The molecule has 0 radical (unpaired) electrons. The van der Waals surface area contributed by atoms with Gasteiger partial charge in [0.1, 0.15) is 6.04 Å². The Morgan fingerprint density at radius 2 is 2.20 bits per heavy atom. The smallest absolute Gasteiger partial charge is 0.274 e. The van der Waals surface area contributed by atoms with Crippen molar-refractivity contribution in [1.82, 2.24) is 9.88 Å². The maximum absolute atomic E-state index is 13.1. The van der Waals surface area contributed by atoms with Crippen molar-refractivity contribution >= 4 is 23.2 Å². The zero-order valence-electron chi connectivity index (χ0n) is 14.1. The fourth-order valence-electron chi connectivity index (χ4n) is 3.69. The van der Waals surface area contributed by atoms with Gasteiger partial charge in [0.2, 0.25) is 5.91 Å². The molecule has 2 heterocycles. The molecule has 0 unspecified atom stereocenters. The molecule has 1 aliphatic carbocycles. The van der Waals surface area contributed by atoms with Gasteiger partial charge in [-0.05, 0) is 30.7 Å². The first kappa shape index (κ1) is 16.1. The van der Waals surface area contributed by atoms with Crippen molar-refractivity contribution in [1.29, 1.82) is 0 Å². The highest BCUT2D eigenvalue weighted by atomic mass is 32.1. The van der Waals surface area contributed by atoms with Crippen molar-refractivity contribution in [2.24, 2.45) is 17.6 Å². The highest BCUT2D eigenvalue weighted by Gasteiger charge is 2.56. The number of thiazole rings is 1. The van der Waals surface area contributed by atoms with E-state index in [-0.39, 0.29) is 11.8 Å². The van der Waals surface area contributed by atoms with Crippen LogP contribution in [0.4, 0.5) is 0 Å². The summed E-state index contributed by atoms with van der Waals surface area (Å²) in [6.07, 6.45) is 0.975. The van der Waals surface area contributed by atoms with E-state index in [1.54, 1.807) is 4.90 Å². The number of nitrogens with zero attached hydrogens (tertiary/aromatic N) is 2. The van der Waals surface area contributed by atoms with Crippen LogP contribution in [0.25, 0.3) is 10.4 Å². The first-order valence-corrected chi connectivity index (χ1v) is 9.03. The largest absolute Gasteiger partial charge is 0.473 e. The van der Waals surface area contributed by atoms with Crippen molar-refractivity contribution < 1.29 is 14.3 Å². The highest BCUT2D eigenvalue weighted by Crippen LogP contribution is 2.50. The second kappa shape index (κ2) is 5.84. The van der Waals surface area contributed by atoms with Crippen molar-refractivity contribution in [2.45, 2.75) is 19.4 Å². The van der Waals surface area contributed by atoms with Crippen LogP contribution in [0.5, 0.6) is 5.19 Å². The molecule has 7 heteroatoms. The molecule has 2 aliphatic rings. The number of aromatic nitrogens is 1. The summed E-state index contributed by atoms with van der Waals surface area (Å²) >= 11 is 1.33. The molecule has 2 N–H and O–H groups in total. The molecular formula is C18H19N3O3S. The summed E-state index contributed by atoms with van der Waals surface area (Å²) in [5, 5.41) is 0.430. The minimum atomic E-state index is -0.518. The van der Waals surface area contributed by atoms with Crippen LogP contribution in [-0.2, 0) is 4.79 Å². The molecule has 0 bridgehead atoms. The van der Waals surface area contributed by atoms with Crippen LogP contribution in [0.1, 0.15) is 22.5 Å². The summed E-state index contributed by atoms with van der Waals surface area (Å²) in [6.45, 7) is 2.57. The number of carbonyl (C=O) groups is 2. The van der Waals surface area contributed by atoms with E-state index in [4.69, 9.17) is 10.5 Å². The third kappa shape index (κ3) is 2.68. The lowest BCUT2D eigenvalue weighted by molar-refractivity contribution is -0.122. The highest BCUT2D eigenvalue weighted by molar-refractivity contribution is 7.17. The topological polar surface area (TPSA) is 85.5 Å². The number of piperidine rings is 1. The molecule has 1 aromatic heterocycles. The van der Waals surface area contributed by atoms with Gasteiger partial charge in [-0.2, -0.15) is 4.98 Å². The van der Waals surface area contributed by atoms with Crippen molar-refractivity contribution in [2.75, 3.05) is 13.7 Å². The van der Waals surface area contributed by atoms with Gasteiger partial charge in [-0.25, -0.2) is 0 Å². The summed E-state index contributed by atoms with van der Waals surface area (Å²) in [6, 6.07) is 7.39. The normalized spacial score (nSPS) is 24.1. The van der Waals surface area contributed by atoms with Crippen LogP contribution in [0.15, 0.2) is 24.3 Å². The number of nitrogens with two attached hydrogens (primary N) is 1. The average Bonchev–Trinajstić information content (AvgIpc) is 3.06.